The van der Waals surface area contributed by atoms with Crippen molar-refractivity contribution in [2.45, 2.75) is 0 Å². The van der Waals surface area contributed by atoms with Crippen LogP contribution in [0.3, 0.4) is 0 Å². The van der Waals surface area contributed by atoms with Crippen LogP contribution in [-0.4, -0.2) is 0 Å². The number of hydrogen-bond donors (Lipinski definition) is 0. The van der Waals surface area contributed by atoms with E-state index in [0.717, 1.165) is 72.1 Å². The average molecular weight is 602 g/mol. The molecular formula is C44H27NO2. The van der Waals surface area contributed by atoms with Gasteiger partial charge in [0.1, 0.15) is 22.3 Å². The van der Waals surface area contributed by atoms with Crippen LogP contribution < -0.4 is 4.90 Å². The smallest absolute Gasteiger partial charge is 0.136 e. The van der Waals surface area contributed by atoms with Gasteiger partial charge >= 0.3 is 0 Å². The second-order valence-electron chi connectivity index (χ2n) is 12.2. The van der Waals surface area contributed by atoms with E-state index in [1.807, 2.05) is 24.3 Å². The highest BCUT2D eigenvalue weighted by molar-refractivity contribution is 6.16. The van der Waals surface area contributed by atoms with Gasteiger partial charge in [0.25, 0.3) is 0 Å². The molecule has 0 atom stereocenters. The normalized spacial score (nSPS) is 11.8. The highest BCUT2D eigenvalue weighted by Crippen LogP contribution is 2.40. The van der Waals surface area contributed by atoms with Gasteiger partial charge in [0, 0.05) is 38.6 Å². The Morgan fingerprint density at radius 3 is 1.64 bits per heavy atom. The van der Waals surface area contributed by atoms with Crippen molar-refractivity contribution in [2.24, 2.45) is 0 Å². The summed E-state index contributed by atoms with van der Waals surface area (Å²) in [6.07, 6.45) is 0. The maximum Gasteiger partial charge on any atom is 0.136 e. The van der Waals surface area contributed by atoms with Crippen LogP contribution >= 0.6 is 0 Å². The number of benzene rings is 8. The van der Waals surface area contributed by atoms with E-state index in [9.17, 15) is 0 Å². The number of anilines is 3. The van der Waals surface area contributed by atoms with Gasteiger partial charge in [-0.05, 0) is 105 Å². The number of fused-ring (bicyclic) bond motifs is 9. The molecule has 0 aliphatic heterocycles. The van der Waals surface area contributed by atoms with E-state index in [1.165, 1.54) is 21.5 Å². The standard InChI is InChI=1S/C44H27NO2/c1-2-8-32(9-3-1)45(33-20-16-28(17-21-33)30-19-23-43-39(24-30)35-10-4-6-12-41(35)46-43)34-22-18-29-14-15-31-25-40-36-11-5-7-13-42(36)47-44(40)27-38(31)37(29)26-34/h1-27H. The van der Waals surface area contributed by atoms with E-state index in [0.29, 0.717) is 0 Å². The second kappa shape index (κ2) is 10.1. The summed E-state index contributed by atoms with van der Waals surface area (Å²) in [5.41, 5.74) is 9.27. The lowest BCUT2D eigenvalue weighted by Crippen LogP contribution is -2.09. The first-order chi connectivity index (χ1) is 23.3. The zero-order valence-electron chi connectivity index (χ0n) is 25.4. The predicted octanol–water partition coefficient (Wildman–Crippen LogP) is 12.9. The summed E-state index contributed by atoms with van der Waals surface area (Å²) in [5, 5.41) is 9.35. The van der Waals surface area contributed by atoms with E-state index >= 15 is 0 Å². The SMILES string of the molecule is c1ccc(N(c2ccc(-c3ccc4oc5ccccc5c4c3)cc2)c2ccc3ccc4cc5c(cc4c3c2)oc2ccccc25)cc1. The maximum absolute atomic E-state index is 6.30. The molecule has 3 heteroatoms. The third-order valence-corrected chi connectivity index (χ3v) is 9.43. The van der Waals surface area contributed by atoms with Crippen molar-refractivity contribution in [3.05, 3.63) is 164 Å². The number of para-hydroxylation sites is 3. The van der Waals surface area contributed by atoms with Gasteiger partial charge in [-0.25, -0.2) is 0 Å². The van der Waals surface area contributed by atoms with Crippen LogP contribution in [0.15, 0.2) is 173 Å². The fourth-order valence-electron chi connectivity index (χ4n) is 7.13. The third kappa shape index (κ3) is 4.14. The van der Waals surface area contributed by atoms with E-state index in [2.05, 4.69) is 144 Å². The Kier molecular flexibility index (Phi) is 5.57. The molecule has 0 spiro atoms. The van der Waals surface area contributed by atoms with Crippen molar-refractivity contribution in [2.75, 3.05) is 4.90 Å². The summed E-state index contributed by atoms with van der Waals surface area (Å²) in [4.78, 5) is 2.33. The number of furan rings is 2. The average Bonchev–Trinajstić information content (AvgIpc) is 3.69. The van der Waals surface area contributed by atoms with Crippen LogP contribution in [0, 0.1) is 0 Å². The topological polar surface area (TPSA) is 29.5 Å². The summed E-state index contributed by atoms with van der Waals surface area (Å²) < 4.78 is 12.4. The Labute approximate surface area is 270 Å². The maximum atomic E-state index is 6.30. The minimum Gasteiger partial charge on any atom is -0.456 e. The van der Waals surface area contributed by atoms with E-state index in [4.69, 9.17) is 8.83 Å². The zero-order valence-corrected chi connectivity index (χ0v) is 25.4. The molecule has 0 bridgehead atoms. The molecule has 10 rings (SSSR count). The number of rotatable bonds is 4. The summed E-state index contributed by atoms with van der Waals surface area (Å²) >= 11 is 0. The minimum atomic E-state index is 0.909. The lowest BCUT2D eigenvalue weighted by molar-refractivity contribution is 0.669. The quantitative estimate of drug-likeness (QED) is 0.188. The van der Waals surface area contributed by atoms with Crippen LogP contribution in [-0.2, 0) is 0 Å². The van der Waals surface area contributed by atoms with E-state index in [1.54, 1.807) is 0 Å². The van der Waals surface area contributed by atoms with Gasteiger partial charge in [0.05, 0.1) is 0 Å². The largest absolute Gasteiger partial charge is 0.456 e. The molecule has 8 aromatic carbocycles. The molecular weight excluding hydrogens is 574 g/mol. The first kappa shape index (κ1) is 26.0. The number of hydrogen-bond acceptors (Lipinski definition) is 3. The summed E-state index contributed by atoms with van der Waals surface area (Å²) in [6.45, 7) is 0. The second-order valence-corrected chi connectivity index (χ2v) is 12.2. The molecule has 0 amide bonds. The van der Waals surface area contributed by atoms with Crippen LogP contribution in [0.2, 0.25) is 0 Å². The molecule has 0 radical (unpaired) electrons. The Morgan fingerprint density at radius 1 is 0.298 bits per heavy atom. The monoisotopic (exact) mass is 601 g/mol. The fourth-order valence-corrected chi connectivity index (χ4v) is 7.13. The molecule has 0 saturated heterocycles. The highest BCUT2D eigenvalue weighted by atomic mass is 16.3. The Morgan fingerprint density at radius 2 is 0.851 bits per heavy atom. The van der Waals surface area contributed by atoms with Crippen LogP contribution in [0.25, 0.3) is 76.5 Å². The van der Waals surface area contributed by atoms with Gasteiger partial charge in [0.15, 0.2) is 0 Å². The highest BCUT2D eigenvalue weighted by Gasteiger charge is 2.16. The van der Waals surface area contributed by atoms with Crippen LogP contribution in [0.5, 0.6) is 0 Å². The lowest BCUT2D eigenvalue weighted by Gasteiger charge is -2.26. The molecule has 2 heterocycles. The van der Waals surface area contributed by atoms with Gasteiger partial charge in [-0.15, -0.1) is 0 Å². The van der Waals surface area contributed by atoms with Crippen molar-refractivity contribution in [3.8, 4) is 11.1 Å². The molecule has 0 unspecified atom stereocenters. The van der Waals surface area contributed by atoms with Crippen molar-refractivity contribution in [1.82, 2.24) is 0 Å². The Bertz CT molecular complexity index is 2790. The third-order valence-electron chi connectivity index (χ3n) is 9.43. The minimum absolute atomic E-state index is 0.909. The van der Waals surface area contributed by atoms with Crippen molar-refractivity contribution < 1.29 is 8.83 Å². The molecule has 0 saturated carbocycles. The van der Waals surface area contributed by atoms with Crippen molar-refractivity contribution in [1.29, 1.82) is 0 Å². The Hall–Kier alpha value is -6.32. The van der Waals surface area contributed by atoms with Crippen molar-refractivity contribution >= 4 is 82.5 Å². The van der Waals surface area contributed by atoms with Crippen LogP contribution in [0.4, 0.5) is 17.1 Å². The number of nitrogens with zero attached hydrogens (tertiary/aromatic N) is 1. The first-order valence-corrected chi connectivity index (χ1v) is 15.9. The molecule has 10 aromatic rings. The van der Waals surface area contributed by atoms with Gasteiger partial charge in [-0.3, -0.25) is 0 Å². The fraction of sp³-hybridized carbons (Fsp3) is 0. The predicted molar refractivity (Wildman–Crippen MR) is 196 cm³/mol. The molecule has 0 aliphatic carbocycles. The van der Waals surface area contributed by atoms with Gasteiger partial charge in [-0.1, -0.05) is 91.0 Å². The van der Waals surface area contributed by atoms with Gasteiger partial charge in [0.2, 0.25) is 0 Å². The summed E-state index contributed by atoms with van der Waals surface area (Å²) in [5.74, 6) is 0. The first-order valence-electron chi connectivity index (χ1n) is 15.9. The molecule has 0 aliphatic rings. The van der Waals surface area contributed by atoms with Crippen molar-refractivity contribution in [3.63, 3.8) is 0 Å². The van der Waals surface area contributed by atoms with Gasteiger partial charge in [-0.2, -0.15) is 0 Å². The molecule has 3 nitrogen and oxygen atoms in total. The summed E-state index contributed by atoms with van der Waals surface area (Å²) in [6, 6.07) is 58.0. The molecule has 47 heavy (non-hydrogen) atoms. The summed E-state index contributed by atoms with van der Waals surface area (Å²) in [7, 11) is 0. The molecule has 0 fully saturated rings. The van der Waals surface area contributed by atoms with E-state index in [-0.39, 0.29) is 0 Å². The zero-order chi connectivity index (χ0) is 30.9. The van der Waals surface area contributed by atoms with E-state index < -0.39 is 0 Å². The van der Waals surface area contributed by atoms with Gasteiger partial charge < -0.3 is 13.7 Å². The molecule has 220 valence electrons. The van der Waals surface area contributed by atoms with Crippen LogP contribution in [0.1, 0.15) is 0 Å². The molecule has 2 aromatic heterocycles. The Balaban J connectivity index is 1.10. The molecule has 0 N–H and O–H groups in total. The lowest BCUT2D eigenvalue weighted by atomic mass is 9.99.